The molecule has 0 spiro atoms. The number of urea groups is 1. The van der Waals surface area contributed by atoms with E-state index in [0.29, 0.717) is 45.1 Å². The monoisotopic (exact) mass is 500 g/mol. The van der Waals surface area contributed by atoms with Gasteiger partial charge in [0, 0.05) is 45.5 Å². The fraction of sp³-hybridized carbons (Fsp3) is 0.414. The van der Waals surface area contributed by atoms with Gasteiger partial charge in [-0.2, -0.15) is 0 Å². The summed E-state index contributed by atoms with van der Waals surface area (Å²) < 4.78 is 2.18. The first-order chi connectivity index (χ1) is 18.0. The molecule has 5 rings (SSSR count). The van der Waals surface area contributed by atoms with Crippen molar-refractivity contribution in [1.82, 2.24) is 24.7 Å². The number of aromatic nitrogens is 2. The summed E-state index contributed by atoms with van der Waals surface area (Å²) in [5.41, 5.74) is 11.3. The number of aryl methyl sites for hydroxylation is 1. The lowest BCUT2D eigenvalue weighted by atomic mass is 9.97. The number of nitrogens with two attached hydrogens (primary N) is 1. The highest BCUT2D eigenvalue weighted by molar-refractivity contribution is 5.83. The van der Waals surface area contributed by atoms with Gasteiger partial charge in [-0.3, -0.25) is 10.1 Å². The molecule has 0 saturated carbocycles. The average Bonchev–Trinajstić information content (AvgIpc) is 3.29. The predicted octanol–water partition coefficient (Wildman–Crippen LogP) is 3.23. The van der Waals surface area contributed by atoms with E-state index in [2.05, 4.69) is 58.2 Å². The first-order valence-electron chi connectivity index (χ1n) is 13.1. The minimum Gasteiger partial charge on any atom is -0.351 e. The number of carbonyl (C=O) groups is 2. The molecule has 1 aromatic heterocycles. The standard InChI is InChI=1S/C29H36N6O2/c1-21-6-2-3-8-24(21)18-34-19-25-9-5-4-7-23(25)14-27(28(34)36)32-16-26-15-31-20-35(26)17-22-10-12-33(13-11-22)29(30)37/h2-9,15,20,22,27,32H,10-14,16-19H2,1H3,(H2,30,37)/t27-/m0/s1. The molecule has 0 radical (unpaired) electrons. The van der Waals surface area contributed by atoms with Crippen molar-refractivity contribution in [2.75, 3.05) is 13.1 Å². The Morgan fingerprint density at radius 1 is 1.08 bits per heavy atom. The molecule has 1 fully saturated rings. The molecule has 0 bridgehead atoms. The Hall–Kier alpha value is -3.65. The summed E-state index contributed by atoms with van der Waals surface area (Å²) in [7, 11) is 0. The third kappa shape index (κ3) is 5.85. The molecule has 0 unspecified atom stereocenters. The van der Waals surface area contributed by atoms with Gasteiger partial charge in [-0.25, -0.2) is 9.78 Å². The molecule has 2 aromatic carbocycles. The molecular formula is C29H36N6O2. The maximum absolute atomic E-state index is 13.8. The SMILES string of the molecule is Cc1ccccc1CN1Cc2ccccc2C[C@H](NCc2cncn2CC2CCN(C(N)=O)CC2)C1=O. The number of hydrogen-bond donors (Lipinski definition) is 2. The molecule has 37 heavy (non-hydrogen) atoms. The zero-order valence-electron chi connectivity index (χ0n) is 21.5. The number of likely N-dealkylation sites (tertiary alicyclic amines) is 1. The zero-order chi connectivity index (χ0) is 25.8. The number of imidazole rings is 1. The summed E-state index contributed by atoms with van der Waals surface area (Å²) in [6.07, 6.45) is 6.27. The van der Waals surface area contributed by atoms with Crippen LogP contribution < -0.4 is 11.1 Å². The van der Waals surface area contributed by atoms with E-state index in [1.165, 1.54) is 22.3 Å². The van der Waals surface area contributed by atoms with Gasteiger partial charge in [0.2, 0.25) is 5.91 Å². The maximum Gasteiger partial charge on any atom is 0.314 e. The quantitative estimate of drug-likeness (QED) is 0.521. The predicted molar refractivity (Wildman–Crippen MR) is 142 cm³/mol. The molecule has 3 amide bonds. The number of amides is 3. The lowest BCUT2D eigenvalue weighted by molar-refractivity contribution is -0.134. The second kappa shape index (κ2) is 11.2. The minimum absolute atomic E-state index is 0.129. The lowest BCUT2D eigenvalue weighted by Gasteiger charge is -2.31. The Labute approximate surface area is 218 Å². The molecule has 2 aliphatic rings. The number of fused-ring (bicyclic) bond motifs is 1. The summed E-state index contributed by atoms with van der Waals surface area (Å²) in [4.78, 5) is 33.3. The van der Waals surface area contributed by atoms with E-state index in [1.807, 2.05) is 29.6 Å². The minimum atomic E-state index is -0.336. The van der Waals surface area contributed by atoms with Gasteiger partial charge >= 0.3 is 6.03 Å². The van der Waals surface area contributed by atoms with Gasteiger partial charge in [-0.15, -0.1) is 0 Å². The smallest absolute Gasteiger partial charge is 0.314 e. The van der Waals surface area contributed by atoms with Crippen LogP contribution in [0.15, 0.2) is 61.1 Å². The van der Waals surface area contributed by atoms with Crippen LogP contribution in [0.4, 0.5) is 4.79 Å². The van der Waals surface area contributed by atoms with Gasteiger partial charge in [-0.1, -0.05) is 48.5 Å². The number of hydrogen-bond acceptors (Lipinski definition) is 4. The summed E-state index contributed by atoms with van der Waals surface area (Å²) in [6, 6.07) is 16.0. The molecule has 3 heterocycles. The lowest BCUT2D eigenvalue weighted by Crippen LogP contribution is -2.45. The average molecular weight is 501 g/mol. The van der Waals surface area contributed by atoms with Gasteiger partial charge in [0.25, 0.3) is 0 Å². The van der Waals surface area contributed by atoms with E-state index in [-0.39, 0.29) is 18.0 Å². The Morgan fingerprint density at radius 3 is 2.57 bits per heavy atom. The molecule has 0 aliphatic carbocycles. The van der Waals surface area contributed by atoms with Gasteiger partial charge in [0.15, 0.2) is 0 Å². The second-order valence-electron chi connectivity index (χ2n) is 10.3. The van der Waals surface area contributed by atoms with Gasteiger partial charge < -0.3 is 20.1 Å². The van der Waals surface area contributed by atoms with Crippen LogP contribution in [0.5, 0.6) is 0 Å². The number of rotatable bonds is 7. The fourth-order valence-electron chi connectivity index (χ4n) is 5.51. The van der Waals surface area contributed by atoms with Crippen LogP contribution in [0.25, 0.3) is 0 Å². The maximum atomic E-state index is 13.8. The van der Waals surface area contributed by atoms with Crippen molar-refractivity contribution in [3.63, 3.8) is 0 Å². The molecule has 3 aromatic rings. The van der Waals surface area contributed by atoms with Crippen LogP contribution in [0.3, 0.4) is 0 Å². The van der Waals surface area contributed by atoms with E-state index >= 15 is 0 Å². The molecule has 194 valence electrons. The number of nitrogens with one attached hydrogen (secondary N) is 1. The molecule has 3 N–H and O–H groups in total. The van der Waals surface area contributed by atoms with Crippen molar-refractivity contribution >= 4 is 11.9 Å². The molecular weight excluding hydrogens is 464 g/mol. The first kappa shape index (κ1) is 25.0. The van der Waals surface area contributed by atoms with E-state index in [4.69, 9.17) is 5.73 Å². The molecule has 8 heteroatoms. The van der Waals surface area contributed by atoms with E-state index in [0.717, 1.165) is 25.1 Å². The van der Waals surface area contributed by atoms with Crippen molar-refractivity contribution in [2.45, 2.75) is 58.4 Å². The second-order valence-corrected chi connectivity index (χ2v) is 10.3. The van der Waals surface area contributed by atoms with Crippen molar-refractivity contribution in [3.8, 4) is 0 Å². The van der Waals surface area contributed by atoms with Crippen LogP contribution in [0, 0.1) is 12.8 Å². The number of piperidine rings is 1. The number of nitrogens with zero attached hydrogens (tertiary/aromatic N) is 4. The largest absolute Gasteiger partial charge is 0.351 e. The summed E-state index contributed by atoms with van der Waals surface area (Å²) in [5.74, 6) is 0.601. The summed E-state index contributed by atoms with van der Waals surface area (Å²) in [5, 5.41) is 3.56. The molecule has 2 aliphatic heterocycles. The number of benzene rings is 2. The third-order valence-electron chi connectivity index (χ3n) is 7.85. The number of carbonyl (C=O) groups excluding carboxylic acids is 2. The third-order valence-corrected chi connectivity index (χ3v) is 7.85. The summed E-state index contributed by atoms with van der Waals surface area (Å²) >= 11 is 0. The van der Waals surface area contributed by atoms with Crippen LogP contribution in [-0.4, -0.2) is 50.4 Å². The zero-order valence-corrected chi connectivity index (χ0v) is 21.5. The molecule has 1 saturated heterocycles. The van der Waals surface area contributed by atoms with E-state index < -0.39 is 0 Å². The van der Waals surface area contributed by atoms with Gasteiger partial charge in [0.1, 0.15) is 0 Å². The first-order valence-corrected chi connectivity index (χ1v) is 13.1. The Morgan fingerprint density at radius 2 is 1.81 bits per heavy atom. The van der Waals surface area contributed by atoms with Crippen LogP contribution in [0.1, 0.15) is 40.8 Å². The fourth-order valence-corrected chi connectivity index (χ4v) is 5.51. The van der Waals surface area contributed by atoms with Crippen molar-refractivity contribution in [2.24, 2.45) is 11.7 Å². The normalized spacial score (nSPS) is 18.5. The van der Waals surface area contributed by atoms with Crippen molar-refractivity contribution in [1.29, 1.82) is 0 Å². The topological polar surface area (TPSA) is 96.5 Å². The van der Waals surface area contributed by atoms with E-state index in [1.54, 1.807) is 4.90 Å². The van der Waals surface area contributed by atoms with Crippen molar-refractivity contribution in [3.05, 3.63) is 89.0 Å². The van der Waals surface area contributed by atoms with Gasteiger partial charge in [-0.05, 0) is 54.4 Å². The highest BCUT2D eigenvalue weighted by Crippen LogP contribution is 2.23. The highest BCUT2D eigenvalue weighted by atomic mass is 16.2. The van der Waals surface area contributed by atoms with Crippen LogP contribution >= 0.6 is 0 Å². The Bertz CT molecular complexity index is 1250. The molecule has 8 nitrogen and oxygen atoms in total. The molecule has 1 atom stereocenters. The number of primary amides is 1. The Balaban J connectivity index is 1.27. The highest BCUT2D eigenvalue weighted by Gasteiger charge is 2.30. The Kier molecular flexibility index (Phi) is 7.55. The summed E-state index contributed by atoms with van der Waals surface area (Å²) in [6.45, 7) is 6.13. The van der Waals surface area contributed by atoms with E-state index in [9.17, 15) is 9.59 Å². The van der Waals surface area contributed by atoms with Gasteiger partial charge in [0.05, 0.1) is 18.1 Å². The van der Waals surface area contributed by atoms with Crippen LogP contribution in [-0.2, 0) is 37.4 Å². The van der Waals surface area contributed by atoms with Crippen LogP contribution in [0.2, 0.25) is 0 Å². The van der Waals surface area contributed by atoms with Crippen molar-refractivity contribution < 1.29 is 9.59 Å².